The molecule has 0 aromatic carbocycles. The monoisotopic (exact) mass is 180 g/mol. The highest BCUT2D eigenvalue weighted by Gasteiger charge is 2.07. The van der Waals surface area contributed by atoms with E-state index < -0.39 is 6.43 Å². The van der Waals surface area contributed by atoms with Crippen LogP contribution in [0.3, 0.4) is 0 Å². The van der Waals surface area contributed by atoms with Crippen molar-refractivity contribution < 1.29 is 8.78 Å². The van der Waals surface area contributed by atoms with Gasteiger partial charge in [0.2, 0.25) is 0 Å². The zero-order valence-electron chi connectivity index (χ0n) is 7.98. The minimum absolute atomic E-state index is 0.129. The quantitative estimate of drug-likeness (QED) is 0.660. The Balaban J connectivity index is 3.39. The van der Waals surface area contributed by atoms with Gasteiger partial charge in [0.05, 0.1) is 6.54 Å². The number of likely N-dealkylation sites (N-methyl/N-ethyl adjacent to an activating group) is 1. The van der Waals surface area contributed by atoms with E-state index in [2.05, 4.69) is 10.2 Å². The van der Waals surface area contributed by atoms with Gasteiger partial charge in [-0.15, -0.1) is 0 Å². The van der Waals surface area contributed by atoms with Crippen molar-refractivity contribution >= 4 is 0 Å². The Morgan fingerprint density at radius 1 is 1.42 bits per heavy atom. The fourth-order valence-corrected chi connectivity index (χ4v) is 0.951. The highest BCUT2D eigenvalue weighted by atomic mass is 19.3. The first-order valence-electron chi connectivity index (χ1n) is 4.26. The molecule has 0 aromatic rings. The second kappa shape index (κ2) is 6.31. The normalized spacial score (nSPS) is 14.2. The molecule has 1 atom stereocenters. The number of halogens is 2. The average molecular weight is 180 g/mol. The summed E-state index contributed by atoms with van der Waals surface area (Å²) in [6.45, 7) is 5.50. The maximum absolute atomic E-state index is 11.7. The fourth-order valence-electron chi connectivity index (χ4n) is 0.951. The predicted molar refractivity (Wildman–Crippen MR) is 46.6 cm³/mol. The van der Waals surface area contributed by atoms with Crippen molar-refractivity contribution in [3.05, 3.63) is 0 Å². The first kappa shape index (κ1) is 11.8. The summed E-state index contributed by atoms with van der Waals surface area (Å²) in [5, 5.41) is 2.76. The number of nitrogens with zero attached hydrogens (tertiary/aromatic N) is 1. The molecule has 0 saturated heterocycles. The Kier molecular flexibility index (Phi) is 6.20. The first-order valence-corrected chi connectivity index (χ1v) is 4.26. The lowest BCUT2D eigenvalue weighted by Gasteiger charge is -2.20. The molecule has 0 saturated carbocycles. The van der Waals surface area contributed by atoms with E-state index >= 15 is 0 Å². The Hall–Kier alpha value is -0.220. The van der Waals surface area contributed by atoms with E-state index in [1.807, 2.05) is 20.9 Å². The van der Waals surface area contributed by atoms with Crippen LogP contribution in [0.1, 0.15) is 13.8 Å². The van der Waals surface area contributed by atoms with Crippen LogP contribution in [-0.4, -0.2) is 44.0 Å². The van der Waals surface area contributed by atoms with E-state index in [4.69, 9.17) is 0 Å². The minimum Gasteiger partial charge on any atom is -0.308 e. The lowest BCUT2D eigenvalue weighted by molar-refractivity contribution is 0.139. The smallest absolute Gasteiger partial charge is 0.250 e. The van der Waals surface area contributed by atoms with E-state index in [1.54, 1.807) is 0 Å². The summed E-state index contributed by atoms with van der Waals surface area (Å²) < 4.78 is 23.5. The maximum Gasteiger partial charge on any atom is 0.250 e. The van der Waals surface area contributed by atoms with Crippen LogP contribution < -0.4 is 5.32 Å². The molecule has 2 nitrogen and oxygen atoms in total. The summed E-state index contributed by atoms with van der Waals surface area (Å²) in [7, 11) is 1.97. The second-order valence-electron chi connectivity index (χ2n) is 3.06. The van der Waals surface area contributed by atoms with E-state index in [-0.39, 0.29) is 12.6 Å². The van der Waals surface area contributed by atoms with Gasteiger partial charge in [-0.1, -0.05) is 6.92 Å². The molecule has 0 spiro atoms. The van der Waals surface area contributed by atoms with Gasteiger partial charge in [-0.2, -0.15) is 0 Å². The fraction of sp³-hybridized carbons (Fsp3) is 1.00. The summed E-state index contributed by atoms with van der Waals surface area (Å²) in [6.07, 6.45) is -2.25. The van der Waals surface area contributed by atoms with Gasteiger partial charge >= 0.3 is 0 Å². The van der Waals surface area contributed by atoms with Crippen LogP contribution in [-0.2, 0) is 0 Å². The third-order valence-electron chi connectivity index (χ3n) is 1.75. The minimum atomic E-state index is -2.25. The molecule has 0 aliphatic heterocycles. The van der Waals surface area contributed by atoms with E-state index in [9.17, 15) is 8.78 Å². The van der Waals surface area contributed by atoms with Gasteiger partial charge in [-0.3, -0.25) is 0 Å². The SMILES string of the molecule is CCN(C)CC(C)NCC(F)F. The molecule has 0 radical (unpaired) electrons. The van der Waals surface area contributed by atoms with E-state index in [0.29, 0.717) is 0 Å². The van der Waals surface area contributed by atoms with Crippen molar-refractivity contribution in [3.63, 3.8) is 0 Å². The Morgan fingerprint density at radius 3 is 2.42 bits per heavy atom. The van der Waals surface area contributed by atoms with Gasteiger partial charge in [-0.25, -0.2) is 8.78 Å². The summed E-state index contributed by atoms with van der Waals surface area (Å²) in [4.78, 5) is 2.09. The molecular weight excluding hydrogens is 162 g/mol. The molecule has 0 amide bonds. The van der Waals surface area contributed by atoms with Crippen LogP contribution in [0, 0.1) is 0 Å². The number of hydrogen-bond donors (Lipinski definition) is 1. The summed E-state index contributed by atoms with van der Waals surface area (Å²) in [5.74, 6) is 0. The molecule has 74 valence electrons. The lowest BCUT2D eigenvalue weighted by atomic mass is 10.3. The van der Waals surface area contributed by atoms with Crippen LogP contribution >= 0.6 is 0 Å². The molecule has 0 bridgehead atoms. The second-order valence-corrected chi connectivity index (χ2v) is 3.06. The number of hydrogen-bond acceptors (Lipinski definition) is 2. The highest BCUT2D eigenvalue weighted by molar-refractivity contribution is 4.64. The number of alkyl halides is 2. The molecule has 0 aliphatic carbocycles. The molecule has 0 heterocycles. The summed E-state index contributed by atoms with van der Waals surface area (Å²) in [6, 6.07) is 0.129. The molecule has 0 fully saturated rings. The molecule has 12 heavy (non-hydrogen) atoms. The van der Waals surface area contributed by atoms with Gasteiger partial charge in [0.25, 0.3) is 6.43 Å². The van der Waals surface area contributed by atoms with E-state index in [1.165, 1.54) is 0 Å². The van der Waals surface area contributed by atoms with Crippen molar-refractivity contribution in [2.75, 3.05) is 26.7 Å². The molecule has 0 aromatic heterocycles. The maximum atomic E-state index is 11.7. The van der Waals surface area contributed by atoms with Gasteiger partial charge < -0.3 is 10.2 Å². The third-order valence-corrected chi connectivity index (χ3v) is 1.75. The van der Waals surface area contributed by atoms with Gasteiger partial charge in [0, 0.05) is 12.6 Å². The molecule has 1 unspecified atom stereocenters. The van der Waals surface area contributed by atoms with Crippen LogP contribution in [0.5, 0.6) is 0 Å². The average Bonchev–Trinajstić information content (AvgIpc) is 2.00. The Morgan fingerprint density at radius 2 is 2.00 bits per heavy atom. The molecule has 0 rings (SSSR count). The van der Waals surface area contributed by atoms with Crippen molar-refractivity contribution in [1.29, 1.82) is 0 Å². The largest absolute Gasteiger partial charge is 0.308 e. The van der Waals surface area contributed by atoms with Gasteiger partial charge in [0.1, 0.15) is 0 Å². The third kappa shape index (κ3) is 6.49. The van der Waals surface area contributed by atoms with Crippen molar-refractivity contribution in [2.45, 2.75) is 26.3 Å². The Bertz CT molecular complexity index is 109. The van der Waals surface area contributed by atoms with Crippen molar-refractivity contribution in [1.82, 2.24) is 10.2 Å². The first-order chi connectivity index (χ1) is 5.56. The lowest BCUT2D eigenvalue weighted by Crippen LogP contribution is -2.39. The highest BCUT2D eigenvalue weighted by Crippen LogP contribution is 1.92. The van der Waals surface area contributed by atoms with Crippen LogP contribution in [0.25, 0.3) is 0 Å². The predicted octanol–water partition coefficient (Wildman–Crippen LogP) is 1.18. The zero-order valence-corrected chi connectivity index (χ0v) is 7.98. The molecule has 1 N–H and O–H groups in total. The molecule has 4 heteroatoms. The van der Waals surface area contributed by atoms with Crippen molar-refractivity contribution in [2.24, 2.45) is 0 Å². The summed E-state index contributed by atoms with van der Waals surface area (Å²) in [5.41, 5.74) is 0. The van der Waals surface area contributed by atoms with E-state index in [0.717, 1.165) is 13.1 Å². The molecular formula is C8H18F2N2. The van der Waals surface area contributed by atoms with Gasteiger partial charge in [-0.05, 0) is 20.5 Å². The summed E-state index contributed by atoms with van der Waals surface area (Å²) >= 11 is 0. The Labute approximate surface area is 72.9 Å². The van der Waals surface area contributed by atoms with Crippen molar-refractivity contribution in [3.8, 4) is 0 Å². The molecule has 0 aliphatic rings. The standard InChI is InChI=1S/C8H18F2N2/c1-4-12(3)6-7(2)11-5-8(9)10/h7-8,11H,4-6H2,1-3H3. The van der Waals surface area contributed by atoms with Gasteiger partial charge in [0.15, 0.2) is 0 Å². The topological polar surface area (TPSA) is 15.3 Å². The number of rotatable bonds is 6. The van der Waals surface area contributed by atoms with Crippen LogP contribution in [0.15, 0.2) is 0 Å². The van der Waals surface area contributed by atoms with Crippen LogP contribution in [0.4, 0.5) is 8.78 Å². The zero-order chi connectivity index (χ0) is 9.56. The number of nitrogens with one attached hydrogen (secondary N) is 1. The van der Waals surface area contributed by atoms with Crippen LogP contribution in [0.2, 0.25) is 0 Å².